The second kappa shape index (κ2) is 5.03. The van der Waals surface area contributed by atoms with Crippen LogP contribution in [0, 0.1) is 12.7 Å². The van der Waals surface area contributed by atoms with Crippen LogP contribution in [-0.4, -0.2) is 0 Å². The van der Waals surface area contributed by atoms with Crippen LogP contribution in [0.3, 0.4) is 0 Å². The Hall–Kier alpha value is -2.24. The van der Waals surface area contributed by atoms with Crippen molar-refractivity contribution >= 4 is 17.1 Å². The first kappa shape index (κ1) is 14.2. The maximum absolute atomic E-state index is 13.3. The Morgan fingerprint density at radius 2 is 1.75 bits per heavy atom. The maximum Gasteiger partial charge on any atom is 0.416 e. The van der Waals surface area contributed by atoms with Crippen LogP contribution in [0.5, 0.6) is 0 Å². The topological polar surface area (TPSA) is 38.0 Å². The zero-order valence-electron chi connectivity index (χ0n) is 10.6. The van der Waals surface area contributed by atoms with Gasteiger partial charge in [-0.15, -0.1) is 0 Å². The van der Waals surface area contributed by atoms with E-state index in [4.69, 9.17) is 5.73 Å². The van der Waals surface area contributed by atoms with E-state index in [1.165, 1.54) is 24.3 Å². The molecule has 0 radical (unpaired) electrons. The van der Waals surface area contributed by atoms with E-state index in [9.17, 15) is 17.6 Å². The Kier molecular flexibility index (Phi) is 3.57. The minimum atomic E-state index is -4.43. The summed E-state index contributed by atoms with van der Waals surface area (Å²) in [5, 5.41) is 2.73. The summed E-state index contributed by atoms with van der Waals surface area (Å²) in [7, 11) is 0. The van der Waals surface area contributed by atoms with Crippen molar-refractivity contribution in [1.82, 2.24) is 0 Å². The Morgan fingerprint density at radius 1 is 1.05 bits per heavy atom. The largest absolute Gasteiger partial charge is 0.416 e. The summed E-state index contributed by atoms with van der Waals surface area (Å²) in [5.41, 5.74) is 5.69. The fourth-order valence-corrected chi connectivity index (χ4v) is 1.72. The molecule has 106 valence electrons. The van der Waals surface area contributed by atoms with E-state index in [1.54, 1.807) is 6.92 Å². The van der Waals surface area contributed by atoms with Gasteiger partial charge in [0.1, 0.15) is 5.82 Å². The molecule has 0 saturated carbocycles. The molecule has 0 saturated heterocycles. The standard InChI is InChI=1S/C14H12F4N2/c1-8-5-6-9(14(16,17)18)7-12(8)20-11-4-2-3-10(15)13(11)19/h2-7,20H,19H2,1H3. The smallest absolute Gasteiger partial charge is 0.395 e. The maximum atomic E-state index is 13.3. The number of alkyl halides is 3. The Morgan fingerprint density at radius 3 is 2.40 bits per heavy atom. The minimum Gasteiger partial charge on any atom is -0.395 e. The number of para-hydroxylation sites is 1. The summed E-state index contributed by atoms with van der Waals surface area (Å²) in [6.45, 7) is 1.65. The fourth-order valence-electron chi connectivity index (χ4n) is 1.72. The molecule has 0 aliphatic carbocycles. The van der Waals surface area contributed by atoms with Gasteiger partial charge in [0.15, 0.2) is 0 Å². The van der Waals surface area contributed by atoms with Gasteiger partial charge in [-0.25, -0.2) is 4.39 Å². The first-order valence-electron chi connectivity index (χ1n) is 5.78. The lowest BCUT2D eigenvalue weighted by Crippen LogP contribution is -2.06. The van der Waals surface area contributed by atoms with Crippen molar-refractivity contribution in [3.63, 3.8) is 0 Å². The van der Waals surface area contributed by atoms with Crippen LogP contribution in [0.15, 0.2) is 36.4 Å². The van der Waals surface area contributed by atoms with E-state index in [0.29, 0.717) is 5.56 Å². The van der Waals surface area contributed by atoms with Crippen LogP contribution in [0.2, 0.25) is 0 Å². The lowest BCUT2D eigenvalue weighted by Gasteiger charge is -2.14. The summed E-state index contributed by atoms with van der Waals surface area (Å²) in [6, 6.07) is 7.42. The number of anilines is 3. The van der Waals surface area contributed by atoms with Gasteiger partial charge in [-0.2, -0.15) is 13.2 Å². The summed E-state index contributed by atoms with van der Waals surface area (Å²) >= 11 is 0. The van der Waals surface area contributed by atoms with Crippen molar-refractivity contribution in [2.75, 3.05) is 11.1 Å². The lowest BCUT2D eigenvalue weighted by atomic mass is 10.1. The van der Waals surface area contributed by atoms with Crippen LogP contribution in [0.4, 0.5) is 34.6 Å². The number of hydrogen-bond donors (Lipinski definition) is 2. The molecule has 2 rings (SSSR count). The molecular weight excluding hydrogens is 272 g/mol. The van der Waals surface area contributed by atoms with Gasteiger partial charge in [-0.3, -0.25) is 0 Å². The molecule has 0 amide bonds. The summed E-state index contributed by atoms with van der Waals surface area (Å²) in [6.07, 6.45) is -4.43. The number of nitrogen functional groups attached to an aromatic ring is 1. The zero-order chi connectivity index (χ0) is 14.9. The quantitative estimate of drug-likeness (QED) is 0.630. The summed E-state index contributed by atoms with van der Waals surface area (Å²) < 4.78 is 51.3. The Bertz CT molecular complexity index is 636. The Balaban J connectivity index is 2.41. The van der Waals surface area contributed by atoms with Crippen molar-refractivity contribution < 1.29 is 17.6 Å². The second-order valence-corrected chi connectivity index (χ2v) is 4.35. The molecular formula is C14H12F4N2. The van der Waals surface area contributed by atoms with Gasteiger partial charge in [0.2, 0.25) is 0 Å². The average Bonchev–Trinajstić information content (AvgIpc) is 2.36. The highest BCUT2D eigenvalue weighted by atomic mass is 19.4. The van der Waals surface area contributed by atoms with Crippen molar-refractivity contribution in [2.45, 2.75) is 13.1 Å². The summed E-state index contributed by atoms with van der Waals surface area (Å²) in [5.74, 6) is -0.625. The van der Waals surface area contributed by atoms with Gasteiger partial charge in [-0.05, 0) is 36.8 Å². The van der Waals surface area contributed by atoms with Crippen molar-refractivity contribution in [2.24, 2.45) is 0 Å². The molecule has 0 fully saturated rings. The van der Waals surface area contributed by atoms with Gasteiger partial charge in [0.25, 0.3) is 0 Å². The van der Waals surface area contributed by atoms with Crippen LogP contribution < -0.4 is 11.1 Å². The van der Waals surface area contributed by atoms with Crippen LogP contribution >= 0.6 is 0 Å². The fraction of sp³-hybridized carbons (Fsp3) is 0.143. The highest BCUT2D eigenvalue weighted by Crippen LogP contribution is 2.34. The average molecular weight is 284 g/mol. The molecule has 20 heavy (non-hydrogen) atoms. The molecule has 0 spiro atoms. The molecule has 2 aromatic carbocycles. The van der Waals surface area contributed by atoms with Gasteiger partial charge < -0.3 is 11.1 Å². The summed E-state index contributed by atoms with van der Waals surface area (Å²) in [4.78, 5) is 0. The second-order valence-electron chi connectivity index (χ2n) is 4.35. The van der Waals surface area contributed by atoms with Gasteiger partial charge in [0, 0.05) is 5.69 Å². The molecule has 0 aromatic heterocycles. The van der Waals surface area contributed by atoms with E-state index < -0.39 is 17.6 Å². The van der Waals surface area contributed by atoms with E-state index in [2.05, 4.69) is 5.32 Å². The van der Waals surface area contributed by atoms with Crippen molar-refractivity contribution in [3.8, 4) is 0 Å². The third-order valence-electron chi connectivity index (χ3n) is 2.89. The number of benzene rings is 2. The molecule has 0 bridgehead atoms. The molecule has 6 heteroatoms. The third-order valence-corrected chi connectivity index (χ3v) is 2.89. The molecule has 0 unspecified atom stereocenters. The Labute approximate surface area is 113 Å². The molecule has 0 atom stereocenters. The SMILES string of the molecule is Cc1ccc(C(F)(F)F)cc1Nc1cccc(F)c1N. The predicted molar refractivity (Wildman–Crippen MR) is 70.3 cm³/mol. The van der Waals surface area contributed by atoms with E-state index in [-0.39, 0.29) is 17.1 Å². The highest BCUT2D eigenvalue weighted by molar-refractivity contribution is 5.74. The lowest BCUT2D eigenvalue weighted by molar-refractivity contribution is -0.137. The molecule has 2 aromatic rings. The number of nitrogens with one attached hydrogen (secondary N) is 1. The van der Waals surface area contributed by atoms with Gasteiger partial charge in [-0.1, -0.05) is 12.1 Å². The number of rotatable bonds is 2. The third kappa shape index (κ3) is 2.84. The number of halogens is 4. The monoisotopic (exact) mass is 284 g/mol. The van der Waals surface area contributed by atoms with Gasteiger partial charge >= 0.3 is 6.18 Å². The first-order chi connectivity index (χ1) is 9.29. The molecule has 0 heterocycles. The predicted octanol–water partition coefficient (Wildman–Crippen LogP) is 4.48. The van der Waals surface area contributed by atoms with E-state index >= 15 is 0 Å². The molecule has 2 nitrogen and oxygen atoms in total. The van der Waals surface area contributed by atoms with Crippen LogP contribution in [0.25, 0.3) is 0 Å². The van der Waals surface area contributed by atoms with Crippen LogP contribution in [0.1, 0.15) is 11.1 Å². The number of aryl methyl sites for hydroxylation is 1. The van der Waals surface area contributed by atoms with E-state index in [0.717, 1.165) is 12.1 Å². The molecule has 3 N–H and O–H groups in total. The van der Waals surface area contributed by atoms with Crippen molar-refractivity contribution in [3.05, 3.63) is 53.3 Å². The van der Waals surface area contributed by atoms with Crippen LogP contribution in [-0.2, 0) is 6.18 Å². The number of nitrogens with two attached hydrogens (primary N) is 1. The van der Waals surface area contributed by atoms with Crippen molar-refractivity contribution in [1.29, 1.82) is 0 Å². The molecule has 0 aliphatic heterocycles. The molecule has 0 aliphatic rings. The normalized spacial score (nSPS) is 11.4. The highest BCUT2D eigenvalue weighted by Gasteiger charge is 2.30. The zero-order valence-corrected chi connectivity index (χ0v) is 10.6. The minimum absolute atomic E-state index is 0.135. The van der Waals surface area contributed by atoms with Gasteiger partial charge in [0.05, 0.1) is 16.9 Å². The first-order valence-corrected chi connectivity index (χ1v) is 5.78. The van der Waals surface area contributed by atoms with E-state index in [1.807, 2.05) is 0 Å². The number of hydrogen-bond acceptors (Lipinski definition) is 2.